The van der Waals surface area contributed by atoms with E-state index >= 15 is 0 Å². The molecule has 0 heterocycles. The van der Waals surface area contributed by atoms with Crippen LogP contribution in [-0.2, 0) is 4.79 Å². The van der Waals surface area contributed by atoms with Crippen LogP contribution < -0.4 is 5.32 Å². The third kappa shape index (κ3) is 2.06. The van der Waals surface area contributed by atoms with Crippen molar-refractivity contribution in [1.29, 1.82) is 0 Å². The van der Waals surface area contributed by atoms with E-state index in [1.807, 2.05) is 13.8 Å². The summed E-state index contributed by atoms with van der Waals surface area (Å²) in [5, 5.41) is 3.09. The van der Waals surface area contributed by atoms with E-state index in [2.05, 4.69) is 21.2 Å². The molecule has 0 saturated heterocycles. The molecule has 2 aliphatic rings. The molecule has 2 rings (SSSR count). The molecule has 1 amide bonds. The van der Waals surface area contributed by atoms with Crippen LogP contribution in [0.3, 0.4) is 0 Å². The van der Waals surface area contributed by atoms with E-state index < -0.39 is 4.32 Å². The molecule has 0 radical (unpaired) electrons. The van der Waals surface area contributed by atoms with Crippen molar-refractivity contribution in [3.63, 3.8) is 0 Å². The van der Waals surface area contributed by atoms with Crippen LogP contribution in [0.1, 0.15) is 33.1 Å². The number of carbonyl (C=O) groups excluding carboxylic acids is 1. The highest BCUT2D eigenvalue weighted by atomic mass is 79.9. The number of halogens is 1. The Morgan fingerprint density at radius 2 is 1.85 bits per heavy atom. The van der Waals surface area contributed by atoms with Gasteiger partial charge in [-0.25, -0.2) is 0 Å². The second kappa shape index (κ2) is 2.97. The van der Waals surface area contributed by atoms with Gasteiger partial charge in [-0.2, -0.15) is 0 Å². The Bertz CT molecular complexity index is 224. The number of alkyl halides is 1. The molecular weight excluding hydrogens is 230 g/mol. The van der Waals surface area contributed by atoms with Crippen LogP contribution in [0.15, 0.2) is 0 Å². The van der Waals surface area contributed by atoms with Crippen molar-refractivity contribution in [2.45, 2.75) is 43.5 Å². The van der Waals surface area contributed by atoms with Crippen LogP contribution in [-0.4, -0.2) is 16.3 Å². The predicted molar refractivity (Wildman–Crippen MR) is 55.8 cm³/mol. The molecule has 3 heteroatoms. The zero-order valence-electron chi connectivity index (χ0n) is 8.14. The highest BCUT2D eigenvalue weighted by molar-refractivity contribution is 9.10. The summed E-state index contributed by atoms with van der Waals surface area (Å²) < 4.78 is -0.417. The van der Waals surface area contributed by atoms with Crippen molar-refractivity contribution >= 4 is 21.8 Å². The molecule has 2 atom stereocenters. The smallest absolute Gasteiger partial charge is 0.236 e. The standard InChI is InChI=1S/C10H16BrNO/c1-10(2,11)9(13)12-8-4-6-3-7(6)5-8/h6-8H,3-5H2,1-2H3,(H,12,13). The fourth-order valence-corrected chi connectivity index (χ4v) is 2.30. The maximum atomic E-state index is 11.6. The molecule has 0 aromatic carbocycles. The molecule has 74 valence electrons. The van der Waals surface area contributed by atoms with E-state index in [1.54, 1.807) is 0 Å². The Morgan fingerprint density at radius 1 is 1.31 bits per heavy atom. The molecule has 0 bridgehead atoms. The summed E-state index contributed by atoms with van der Waals surface area (Å²) in [4.78, 5) is 11.6. The zero-order valence-corrected chi connectivity index (χ0v) is 9.73. The van der Waals surface area contributed by atoms with Crippen molar-refractivity contribution in [2.75, 3.05) is 0 Å². The fourth-order valence-electron chi connectivity index (χ4n) is 2.19. The van der Waals surface area contributed by atoms with Crippen LogP contribution >= 0.6 is 15.9 Å². The van der Waals surface area contributed by atoms with Gasteiger partial charge in [0, 0.05) is 6.04 Å². The monoisotopic (exact) mass is 245 g/mol. The zero-order chi connectivity index (χ0) is 9.64. The van der Waals surface area contributed by atoms with Crippen molar-refractivity contribution in [2.24, 2.45) is 11.8 Å². The fraction of sp³-hybridized carbons (Fsp3) is 0.900. The summed E-state index contributed by atoms with van der Waals surface area (Å²) in [7, 11) is 0. The minimum atomic E-state index is -0.417. The lowest BCUT2D eigenvalue weighted by molar-refractivity contribution is -0.123. The highest BCUT2D eigenvalue weighted by Gasteiger charge is 2.46. The molecule has 1 N–H and O–H groups in total. The number of hydrogen-bond acceptors (Lipinski definition) is 1. The molecule has 13 heavy (non-hydrogen) atoms. The Kier molecular flexibility index (Phi) is 2.17. The van der Waals surface area contributed by atoms with E-state index in [1.165, 1.54) is 19.3 Å². The minimum absolute atomic E-state index is 0.124. The summed E-state index contributed by atoms with van der Waals surface area (Å²) in [6, 6.07) is 0.452. The van der Waals surface area contributed by atoms with Crippen molar-refractivity contribution in [3.8, 4) is 0 Å². The minimum Gasteiger partial charge on any atom is -0.352 e. The van der Waals surface area contributed by atoms with E-state index in [4.69, 9.17) is 0 Å². The first-order valence-corrected chi connectivity index (χ1v) is 5.76. The van der Waals surface area contributed by atoms with E-state index in [0.29, 0.717) is 6.04 Å². The first kappa shape index (κ1) is 9.50. The van der Waals surface area contributed by atoms with Crippen molar-refractivity contribution < 1.29 is 4.79 Å². The van der Waals surface area contributed by atoms with Gasteiger partial charge >= 0.3 is 0 Å². The summed E-state index contributed by atoms with van der Waals surface area (Å²) in [6.07, 6.45) is 3.82. The third-order valence-corrected chi connectivity index (χ3v) is 3.48. The lowest BCUT2D eigenvalue weighted by Crippen LogP contribution is -2.43. The van der Waals surface area contributed by atoms with Gasteiger partial charge in [-0.3, -0.25) is 4.79 Å². The predicted octanol–water partition coefficient (Wildman–Crippen LogP) is 2.07. The van der Waals surface area contributed by atoms with Gasteiger partial charge in [0.05, 0.1) is 4.32 Å². The average Bonchev–Trinajstić information content (AvgIpc) is 2.57. The van der Waals surface area contributed by atoms with Gasteiger partial charge in [0.25, 0.3) is 0 Å². The van der Waals surface area contributed by atoms with Gasteiger partial charge in [0.1, 0.15) is 0 Å². The molecule has 2 aliphatic carbocycles. The van der Waals surface area contributed by atoms with Crippen LogP contribution in [0.4, 0.5) is 0 Å². The van der Waals surface area contributed by atoms with Crippen LogP contribution in [0.2, 0.25) is 0 Å². The van der Waals surface area contributed by atoms with Gasteiger partial charge in [-0.15, -0.1) is 0 Å². The topological polar surface area (TPSA) is 29.1 Å². The molecule has 0 aromatic heterocycles. The molecule has 2 unspecified atom stereocenters. The maximum Gasteiger partial charge on any atom is 0.236 e. The number of amides is 1. The lowest BCUT2D eigenvalue weighted by Gasteiger charge is -2.20. The van der Waals surface area contributed by atoms with Crippen LogP contribution in [0.25, 0.3) is 0 Å². The van der Waals surface area contributed by atoms with E-state index in [0.717, 1.165) is 11.8 Å². The Morgan fingerprint density at radius 3 is 2.31 bits per heavy atom. The number of fused-ring (bicyclic) bond motifs is 1. The summed E-state index contributed by atoms with van der Waals surface area (Å²) >= 11 is 3.37. The maximum absolute atomic E-state index is 11.6. The van der Waals surface area contributed by atoms with Gasteiger partial charge in [0.2, 0.25) is 5.91 Å². The Labute approximate surface area is 87.6 Å². The molecular formula is C10H16BrNO. The molecule has 2 fully saturated rings. The first-order valence-electron chi connectivity index (χ1n) is 4.96. The first-order chi connectivity index (χ1) is 5.97. The Hall–Kier alpha value is -0.0500. The summed E-state index contributed by atoms with van der Waals surface area (Å²) in [5.41, 5.74) is 0. The molecule has 0 aliphatic heterocycles. The van der Waals surface area contributed by atoms with Crippen molar-refractivity contribution in [1.82, 2.24) is 5.32 Å². The molecule has 2 saturated carbocycles. The quantitative estimate of drug-likeness (QED) is 0.742. The average molecular weight is 246 g/mol. The Balaban J connectivity index is 1.81. The SMILES string of the molecule is CC(C)(Br)C(=O)NC1CC2CC2C1. The van der Waals surface area contributed by atoms with Gasteiger partial charge in [0.15, 0.2) is 0 Å². The van der Waals surface area contributed by atoms with Gasteiger partial charge in [-0.05, 0) is 44.9 Å². The van der Waals surface area contributed by atoms with Gasteiger partial charge < -0.3 is 5.32 Å². The summed E-state index contributed by atoms with van der Waals surface area (Å²) in [6.45, 7) is 3.77. The second-order valence-electron chi connectivity index (χ2n) is 4.87. The summed E-state index contributed by atoms with van der Waals surface area (Å²) in [5.74, 6) is 1.99. The van der Waals surface area contributed by atoms with Gasteiger partial charge in [-0.1, -0.05) is 15.9 Å². The van der Waals surface area contributed by atoms with E-state index in [9.17, 15) is 4.79 Å². The highest BCUT2D eigenvalue weighted by Crippen LogP contribution is 2.51. The lowest BCUT2D eigenvalue weighted by atomic mass is 10.1. The molecule has 0 spiro atoms. The normalized spacial score (nSPS) is 37.0. The number of hydrogen-bond donors (Lipinski definition) is 1. The van der Waals surface area contributed by atoms with E-state index in [-0.39, 0.29) is 5.91 Å². The number of carbonyl (C=O) groups is 1. The third-order valence-electron chi connectivity index (χ3n) is 3.12. The number of rotatable bonds is 2. The second-order valence-corrected chi connectivity index (χ2v) is 6.85. The molecule has 2 nitrogen and oxygen atoms in total. The van der Waals surface area contributed by atoms with Crippen molar-refractivity contribution in [3.05, 3.63) is 0 Å². The largest absolute Gasteiger partial charge is 0.352 e. The number of nitrogens with one attached hydrogen (secondary N) is 1. The van der Waals surface area contributed by atoms with Crippen LogP contribution in [0.5, 0.6) is 0 Å². The van der Waals surface area contributed by atoms with Crippen LogP contribution in [0, 0.1) is 11.8 Å². The molecule has 0 aromatic rings.